The Balaban J connectivity index is 1.59. The van der Waals surface area contributed by atoms with Gasteiger partial charge in [-0.2, -0.15) is 0 Å². The molecule has 1 saturated heterocycles. The molecule has 1 heterocycles. The molecule has 2 aromatic carbocycles. The molecule has 1 N–H and O–H groups in total. The molecule has 0 amide bonds. The number of ether oxygens (including phenoxy) is 2. The largest absolute Gasteiger partial charge is 0.485 e. The van der Waals surface area contributed by atoms with Gasteiger partial charge >= 0.3 is 0 Å². The van der Waals surface area contributed by atoms with Gasteiger partial charge < -0.3 is 14.6 Å². The molecule has 2 aromatic rings. The zero-order valence-electron chi connectivity index (χ0n) is 15.2. The molecule has 4 nitrogen and oxygen atoms in total. The van der Waals surface area contributed by atoms with E-state index in [4.69, 9.17) is 9.47 Å². The highest BCUT2D eigenvalue weighted by molar-refractivity contribution is 9.10. The van der Waals surface area contributed by atoms with E-state index in [0.717, 1.165) is 22.2 Å². The van der Waals surface area contributed by atoms with Gasteiger partial charge in [-0.05, 0) is 36.8 Å². The monoisotopic (exact) mass is 519 g/mol. The molecule has 0 radical (unpaired) electrons. The fourth-order valence-corrected chi connectivity index (χ4v) is 3.95. The number of rotatable bonds is 6. The molecule has 3 rings (SSSR count). The van der Waals surface area contributed by atoms with E-state index in [9.17, 15) is 13.9 Å². The minimum Gasteiger partial charge on any atom is -0.485 e. The summed E-state index contributed by atoms with van der Waals surface area (Å²) < 4.78 is 40.1. The predicted molar refractivity (Wildman–Crippen MR) is 109 cm³/mol. The molecule has 0 saturated carbocycles. The van der Waals surface area contributed by atoms with Gasteiger partial charge in [0.05, 0.1) is 12.7 Å². The maximum atomic E-state index is 13.8. The first kappa shape index (κ1) is 21.6. The summed E-state index contributed by atoms with van der Waals surface area (Å²) in [4.78, 5) is 2.10. The maximum absolute atomic E-state index is 13.8. The summed E-state index contributed by atoms with van der Waals surface area (Å²) in [6.07, 6.45) is -1.01. The third-order valence-electron chi connectivity index (χ3n) is 4.72. The number of β-amino-alcohol motifs (C(OH)–C–C–N with tert-alkyl or cyclic N) is 1. The van der Waals surface area contributed by atoms with Crippen molar-refractivity contribution in [1.29, 1.82) is 0 Å². The Labute approximate surface area is 179 Å². The second-order valence-electron chi connectivity index (χ2n) is 6.74. The van der Waals surface area contributed by atoms with Crippen molar-refractivity contribution in [2.45, 2.75) is 25.2 Å². The van der Waals surface area contributed by atoms with Gasteiger partial charge in [0.2, 0.25) is 0 Å². The van der Waals surface area contributed by atoms with E-state index < -0.39 is 23.5 Å². The van der Waals surface area contributed by atoms with E-state index in [1.165, 1.54) is 0 Å². The number of aliphatic hydroxyl groups is 1. The van der Waals surface area contributed by atoms with Crippen molar-refractivity contribution in [2.75, 3.05) is 26.3 Å². The van der Waals surface area contributed by atoms with Gasteiger partial charge in [-0.25, -0.2) is 8.78 Å². The number of hydrogen-bond donors (Lipinski definition) is 1. The van der Waals surface area contributed by atoms with Crippen LogP contribution in [0.5, 0.6) is 5.75 Å². The predicted octanol–water partition coefficient (Wildman–Crippen LogP) is 4.69. The molecule has 8 heteroatoms. The second-order valence-corrected chi connectivity index (χ2v) is 8.57. The van der Waals surface area contributed by atoms with Gasteiger partial charge in [-0.3, -0.25) is 4.90 Å². The normalized spacial score (nSPS) is 21.5. The van der Waals surface area contributed by atoms with Crippen molar-refractivity contribution >= 4 is 31.9 Å². The molecule has 0 bridgehead atoms. The van der Waals surface area contributed by atoms with E-state index in [-0.39, 0.29) is 23.2 Å². The zero-order valence-corrected chi connectivity index (χ0v) is 18.4. The molecular formula is C20H21Br2F2NO3. The van der Waals surface area contributed by atoms with Crippen molar-refractivity contribution in [1.82, 2.24) is 4.90 Å². The molecule has 0 aromatic heterocycles. The molecule has 0 aliphatic carbocycles. The fraction of sp³-hybridized carbons (Fsp3) is 0.400. The molecular weight excluding hydrogens is 500 g/mol. The van der Waals surface area contributed by atoms with Crippen molar-refractivity contribution in [2.24, 2.45) is 0 Å². The van der Waals surface area contributed by atoms with Crippen LogP contribution in [0.25, 0.3) is 0 Å². The highest BCUT2D eigenvalue weighted by Crippen LogP contribution is 2.30. The third kappa shape index (κ3) is 5.30. The SMILES string of the molecule is CC1C(c2ccc(Br)cc2)OCCN1CC(O)COc1c(F)cc(Br)cc1F. The summed E-state index contributed by atoms with van der Waals surface area (Å²) in [6.45, 7) is 3.34. The van der Waals surface area contributed by atoms with Crippen LogP contribution >= 0.6 is 31.9 Å². The molecule has 3 atom stereocenters. The molecule has 1 aliphatic heterocycles. The van der Waals surface area contributed by atoms with Gasteiger partial charge in [0.15, 0.2) is 17.4 Å². The average molecular weight is 521 g/mol. The number of aliphatic hydroxyl groups excluding tert-OH is 1. The Hall–Kier alpha value is -1.06. The van der Waals surface area contributed by atoms with Crippen LogP contribution in [0, 0.1) is 11.6 Å². The van der Waals surface area contributed by atoms with E-state index >= 15 is 0 Å². The maximum Gasteiger partial charge on any atom is 0.190 e. The lowest BCUT2D eigenvalue weighted by molar-refractivity contribution is -0.0806. The Kier molecular flexibility index (Phi) is 7.44. The van der Waals surface area contributed by atoms with Crippen molar-refractivity contribution < 1.29 is 23.4 Å². The van der Waals surface area contributed by atoms with E-state index in [1.54, 1.807) is 0 Å². The highest BCUT2D eigenvalue weighted by Gasteiger charge is 2.31. The average Bonchev–Trinajstić information content (AvgIpc) is 2.63. The number of hydrogen-bond acceptors (Lipinski definition) is 4. The first-order chi connectivity index (χ1) is 13.3. The first-order valence-electron chi connectivity index (χ1n) is 8.91. The van der Waals surface area contributed by atoms with Gasteiger partial charge in [-0.15, -0.1) is 0 Å². The van der Waals surface area contributed by atoms with Crippen LogP contribution in [0.1, 0.15) is 18.6 Å². The number of halogens is 4. The minimum absolute atomic E-state index is 0.0331. The van der Waals surface area contributed by atoms with Gasteiger partial charge in [0.25, 0.3) is 0 Å². The first-order valence-corrected chi connectivity index (χ1v) is 10.5. The van der Waals surface area contributed by atoms with Crippen LogP contribution in [0.4, 0.5) is 8.78 Å². The van der Waals surface area contributed by atoms with E-state index in [2.05, 4.69) is 36.8 Å². The topological polar surface area (TPSA) is 41.9 Å². The fourth-order valence-electron chi connectivity index (χ4n) is 3.29. The lowest BCUT2D eigenvalue weighted by Crippen LogP contribution is -2.49. The summed E-state index contributed by atoms with van der Waals surface area (Å²) in [7, 11) is 0. The van der Waals surface area contributed by atoms with Crippen LogP contribution in [-0.2, 0) is 4.74 Å². The third-order valence-corrected chi connectivity index (χ3v) is 5.70. The Bertz CT molecular complexity index is 784. The molecule has 152 valence electrons. The van der Waals surface area contributed by atoms with Crippen LogP contribution in [-0.4, -0.2) is 48.5 Å². The summed E-state index contributed by atoms with van der Waals surface area (Å²) in [5.41, 5.74) is 1.06. The quantitative estimate of drug-likeness (QED) is 0.600. The van der Waals surface area contributed by atoms with E-state index in [1.807, 2.05) is 31.2 Å². The van der Waals surface area contributed by atoms with Crippen molar-refractivity contribution in [3.63, 3.8) is 0 Å². The summed E-state index contributed by atoms with van der Waals surface area (Å²) in [5.74, 6) is -2.10. The highest BCUT2D eigenvalue weighted by atomic mass is 79.9. The lowest BCUT2D eigenvalue weighted by atomic mass is 10.0. The molecule has 1 aliphatic rings. The molecule has 3 unspecified atom stereocenters. The second kappa shape index (κ2) is 9.63. The van der Waals surface area contributed by atoms with Gasteiger partial charge in [0, 0.05) is 28.1 Å². The molecule has 0 spiro atoms. The van der Waals surface area contributed by atoms with Gasteiger partial charge in [-0.1, -0.05) is 44.0 Å². The summed E-state index contributed by atoms with van der Waals surface area (Å²) in [6, 6.07) is 10.2. The minimum atomic E-state index is -0.895. The molecule has 28 heavy (non-hydrogen) atoms. The van der Waals surface area contributed by atoms with Crippen LogP contribution in [0.3, 0.4) is 0 Å². The van der Waals surface area contributed by atoms with Crippen LogP contribution < -0.4 is 4.74 Å². The summed E-state index contributed by atoms with van der Waals surface area (Å²) >= 11 is 6.45. The lowest BCUT2D eigenvalue weighted by Gasteiger charge is -2.40. The van der Waals surface area contributed by atoms with Gasteiger partial charge in [0.1, 0.15) is 12.7 Å². The summed E-state index contributed by atoms with van der Waals surface area (Å²) in [5, 5.41) is 10.3. The Morgan fingerprint density at radius 3 is 2.46 bits per heavy atom. The smallest absolute Gasteiger partial charge is 0.190 e. The Morgan fingerprint density at radius 2 is 1.82 bits per heavy atom. The van der Waals surface area contributed by atoms with Crippen molar-refractivity contribution in [3.05, 3.63) is 62.5 Å². The van der Waals surface area contributed by atoms with Crippen LogP contribution in [0.2, 0.25) is 0 Å². The van der Waals surface area contributed by atoms with E-state index in [0.29, 0.717) is 19.7 Å². The zero-order chi connectivity index (χ0) is 20.3. The number of benzene rings is 2. The number of morpholine rings is 1. The molecule has 1 fully saturated rings. The van der Waals surface area contributed by atoms with Crippen LogP contribution in [0.15, 0.2) is 45.3 Å². The van der Waals surface area contributed by atoms with Crippen molar-refractivity contribution in [3.8, 4) is 5.75 Å². The standard InChI is InChI=1S/C20H21Br2F2NO3/c1-12-19(13-2-4-14(21)5-3-13)27-7-6-25(12)10-16(26)11-28-20-17(23)8-15(22)9-18(20)24/h2-5,8-9,12,16,19,26H,6-7,10-11H2,1H3. The Morgan fingerprint density at radius 1 is 1.18 bits per heavy atom. The number of nitrogens with zero attached hydrogens (tertiary/aromatic N) is 1.